The van der Waals surface area contributed by atoms with Gasteiger partial charge >= 0.3 is 0 Å². The summed E-state index contributed by atoms with van der Waals surface area (Å²) in [4.78, 5) is 19.3. The molecule has 2 aromatic rings. The Morgan fingerprint density at radius 2 is 2.00 bits per heavy atom. The monoisotopic (exact) mass is 241 g/mol. The Hall–Kier alpha value is -1.46. The third-order valence-electron chi connectivity index (χ3n) is 1.60. The molecule has 0 aliphatic rings. The molecule has 0 bridgehead atoms. The van der Waals surface area contributed by atoms with Crippen molar-refractivity contribution >= 4 is 34.8 Å². The van der Waals surface area contributed by atoms with Gasteiger partial charge in [-0.1, -0.05) is 0 Å². The van der Waals surface area contributed by atoms with Crippen molar-refractivity contribution in [1.82, 2.24) is 9.97 Å². The zero-order valence-electron chi connectivity index (χ0n) is 7.58. The van der Waals surface area contributed by atoms with E-state index in [4.69, 9.17) is 0 Å². The summed E-state index contributed by atoms with van der Waals surface area (Å²) in [5, 5.41) is 5.09. The minimum absolute atomic E-state index is 0. The Labute approximate surface area is 96.8 Å². The first kappa shape index (κ1) is 11.6. The Morgan fingerprint density at radius 3 is 2.60 bits per heavy atom. The summed E-state index contributed by atoms with van der Waals surface area (Å²) in [6, 6.07) is 3.31. The van der Waals surface area contributed by atoms with E-state index in [9.17, 15) is 4.79 Å². The number of halogens is 1. The number of carbonyl (C=O) groups is 1. The van der Waals surface area contributed by atoms with Crippen molar-refractivity contribution in [2.75, 3.05) is 5.32 Å². The molecule has 1 amide bonds. The molecule has 2 heterocycles. The predicted octanol–water partition coefficient (Wildman–Crippen LogP) is 2.21. The number of carbonyl (C=O) groups excluding carboxylic acids is 1. The van der Waals surface area contributed by atoms with E-state index in [1.165, 1.54) is 11.3 Å². The maximum atomic E-state index is 11.5. The molecule has 4 nitrogen and oxygen atoms in total. The van der Waals surface area contributed by atoms with Crippen molar-refractivity contribution in [1.29, 1.82) is 0 Å². The molecule has 0 aliphatic heterocycles. The molecule has 6 heteroatoms. The van der Waals surface area contributed by atoms with Crippen LogP contribution in [0.1, 0.15) is 10.4 Å². The Bertz CT molecular complexity index is 418. The molecule has 0 aliphatic carbocycles. The number of anilines is 1. The maximum absolute atomic E-state index is 11.5. The SMILES string of the molecule is Cl.O=C(Nc1nccs1)c1ccncc1. The van der Waals surface area contributed by atoms with Crippen molar-refractivity contribution in [3.8, 4) is 0 Å². The zero-order valence-corrected chi connectivity index (χ0v) is 9.22. The van der Waals surface area contributed by atoms with Gasteiger partial charge in [0, 0.05) is 29.5 Å². The summed E-state index contributed by atoms with van der Waals surface area (Å²) in [5.41, 5.74) is 0.579. The lowest BCUT2D eigenvalue weighted by atomic mass is 10.2. The molecule has 78 valence electrons. The lowest BCUT2D eigenvalue weighted by Gasteiger charge is -1.99. The van der Waals surface area contributed by atoms with Gasteiger partial charge in [0.25, 0.3) is 5.91 Å². The first-order valence-electron chi connectivity index (χ1n) is 3.97. The maximum Gasteiger partial charge on any atom is 0.257 e. The van der Waals surface area contributed by atoms with Gasteiger partial charge in [-0.3, -0.25) is 15.1 Å². The van der Waals surface area contributed by atoms with Crippen molar-refractivity contribution in [2.45, 2.75) is 0 Å². The number of thiazole rings is 1. The molecule has 0 unspecified atom stereocenters. The van der Waals surface area contributed by atoms with Gasteiger partial charge in [0.2, 0.25) is 0 Å². The molecule has 1 N–H and O–H groups in total. The van der Waals surface area contributed by atoms with Crippen LogP contribution in [0.5, 0.6) is 0 Å². The molecule has 15 heavy (non-hydrogen) atoms. The van der Waals surface area contributed by atoms with E-state index in [-0.39, 0.29) is 18.3 Å². The molecule has 0 saturated carbocycles. The van der Waals surface area contributed by atoms with Gasteiger partial charge in [-0.25, -0.2) is 4.98 Å². The Morgan fingerprint density at radius 1 is 1.27 bits per heavy atom. The van der Waals surface area contributed by atoms with Crippen LogP contribution in [0, 0.1) is 0 Å². The molecule has 0 saturated heterocycles. The highest BCUT2D eigenvalue weighted by Gasteiger charge is 2.05. The highest BCUT2D eigenvalue weighted by atomic mass is 35.5. The van der Waals surface area contributed by atoms with E-state index >= 15 is 0 Å². The fourth-order valence-electron chi connectivity index (χ4n) is 0.958. The molecule has 2 aromatic heterocycles. The zero-order chi connectivity index (χ0) is 9.80. The third-order valence-corrected chi connectivity index (χ3v) is 2.28. The molecular weight excluding hydrogens is 234 g/mol. The van der Waals surface area contributed by atoms with E-state index in [0.717, 1.165) is 0 Å². The summed E-state index contributed by atoms with van der Waals surface area (Å²) in [5.74, 6) is -0.164. The topological polar surface area (TPSA) is 54.9 Å². The van der Waals surface area contributed by atoms with Crippen molar-refractivity contribution in [3.05, 3.63) is 41.7 Å². The number of rotatable bonds is 2. The van der Waals surface area contributed by atoms with Crippen LogP contribution >= 0.6 is 23.7 Å². The fourth-order valence-corrected chi connectivity index (χ4v) is 1.48. The summed E-state index contributed by atoms with van der Waals surface area (Å²) in [7, 11) is 0. The normalized spacial score (nSPS) is 9.07. The van der Waals surface area contributed by atoms with Gasteiger partial charge in [0.05, 0.1) is 0 Å². The predicted molar refractivity (Wildman–Crippen MR) is 61.6 cm³/mol. The average Bonchev–Trinajstić information content (AvgIpc) is 2.72. The standard InChI is InChI=1S/C9H7N3OS.ClH/c13-8(7-1-3-10-4-2-7)12-9-11-5-6-14-9;/h1-6H,(H,11,12,13);1H. The number of hydrogen-bond donors (Lipinski definition) is 1. The van der Waals surface area contributed by atoms with Crippen LogP contribution in [0.25, 0.3) is 0 Å². The Balaban J connectivity index is 0.00000112. The quantitative estimate of drug-likeness (QED) is 0.877. The number of nitrogens with zero attached hydrogens (tertiary/aromatic N) is 2. The fraction of sp³-hybridized carbons (Fsp3) is 0. The lowest BCUT2D eigenvalue weighted by Crippen LogP contribution is -2.11. The van der Waals surface area contributed by atoms with Crippen molar-refractivity contribution < 1.29 is 4.79 Å². The largest absolute Gasteiger partial charge is 0.298 e. The second-order valence-corrected chi connectivity index (χ2v) is 3.42. The van der Waals surface area contributed by atoms with Crippen LogP contribution in [0.2, 0.25) is 0 Å². The van der Waals surface area contributed by atoms with Gasteiger partial charge in [-0.05, 0) is 12.1 Å². The van der Waals surface area contributed by atoms with E-state index in [1.807, 2.05) is 5.38 Å². The Kier molecular flexibility index (Phi) is 4.20. The summed E-state index contributed by atoms with van der Waals surface area (Å²) >= 11 is 1.39. The second kappa shape index (κ2) is 5.43. The smallest absolute Gasteiger partial charge is 0.257 e. The molecule has 0 atom stereocenters. The highest BCUT2D eigenvalue weighted by Crippen LogP contribution is 2.11. The van der Waals surface area contributed by atoms with Crippen molar-refractivity contribution in [2.24, 2.45) is 0 Å². The van der Waals surface area contributed by atoms with Crippen LogP contribution in [0.3, 0.4) is 0 Å². The van der Waals surface area contributed by atoms with Gasteiger partial charge in [-0.15, -0.1) is 23.7 Å². The summed E-state index contributed by atoms with van der Waals surface area (Å²) in [6.45, 7) is 0. The minimum Gasteiger partial charge on any atom is -0.298 e. The molecule has 2 rings (SSSR count). The van der Waals surface area contributed by atoms with Crippen LogP contribution < -0.4 is 5.32 Å². The number of hydrogen-bond acceptors (Lipinski definition) is 4. The average molecular weight is 242 g/mol. The van der Waals surface area contributed by atoms with E-state index in [2.05, 4.69) is 15.3 Å². The third kappa shape index (κ3) is 3.00. The minimum atomic E-state index is -0.164. The number of nitrogens with one attached hydrogen (secondary N) is 1. The first-order valence-corrected chi connectivity index (χ1v) is 4.85. The van der Waals surface area contributed by atoms with Crippen molar-refractivity contribution in [3.63, 3.8) is 0 Å². The van der Waals surface area contributed by atoms with E-state index < -0.39 is 0 Å². The van der Waals surface area contributed by atoms with E-state index in [0.29, 0.717) is 10.7 Å². The molecule has 0 fully saturated rings. The lowest BCUT2D eigenvalue weighted by molar-refractivity contribution is 0.102. The summed E-state index contributed by atoms with van der Waals surface area (Å²) in [6.07, 6.45) is 4.81. The number of pyridine rings is 1. The molecular formula is C9H8ClN3OS. The van der Waals surface area contributed by atoms with Gasteiger partial charge in [0.15, 0.2) is 5.13 Å². The van der Waals surface area contributed by atoms with Gasteiger partial charge < -0.3 is 0 Å². The van der Waals surface area contributed by atoms with Gasteiger partial charge in [-0.2, -0.15) is 0 Å². The van der Waals surface area contributed by atoms with Crippen LogP contribution in [0.15, 0.2) is 36.1 Å². The first-order chi connectivity index (χ1) is 6.86. The second-order valence-electron chi connectivity index (χ2n) is 2.53. The number of amides is 1. The summed E-state index contributed by atoms with van der Waals surface area (Å²) < 4.78 is 0. The number of aromatic nitrogens is 2. The molecule has 0 aromatic carbocycles. The van der Waals surface area contributed by atoms with E-state index in [1.54, 1.807) is 30.7 Å². The molecule has 0 spiro atoms. The highest BCUT2D eigenvalue weighted by molar-refractivity contribution is 7.13. The van der Waals surface area contributed by atoms with Gasteiger partial charge in [0.1, 0.15) is 0 Å². The van der Waals surface area contributed by atoms with Crippen LogP contribution in [-0.2, 0) is 0 Å². The van der Waals surface area contributed by atoms with Crippen LogP contribution in [-0.4, -0.2) is 15.9 Å². The molecule has 0 radical (unpaired) electrons. The van der Waals surface area contributed by atoms with Crippen LogP contribution in [0.4, 0.5) is 5.13 Å².